The molecule has 1 aliphatic heterocycles. The summed E-state index contributed by atoms with van der Waals surface area (Å²) in [6.45, 7) is 2.10. The number of aliphatic imine (C=N–C) groups is 1. The SMILES string of the molecule is Cc1cccc(NC2=NC(c3ccccc3)CS2)c1. The van der Waals surface area contributed by atoms with E-state index in [9.17, 15) is 0 Å². The van der Waals surface area contributed by atoms with Gasteiger partial charge in [-0.25, -0.2) is 0 Å². The molecule has 0 aliphatic carbocycles. The van der Waals surface area contributed by atoms with Gasteiger partial charge in [0.15, 0.2) is 5.17 Å². The fraction of sp³-hybridized carbons (Fsp3) is 0.188. The van der Waals surface area contributed by atoms with Crippen molar-refractivity contribution in [2.75, 3.05) is 11.1 Å². The summed E-state index contributed by atoms with van der Waals surface area (Å²) in [5, 5.41) is 4.41. The zero-order valence-corrected chi connectivity index (χ0v) is 11.7. The summed E-state index contributed by atoms with van der Waals surface area (Å²) in [5.41, 5.74) is 3.66. The predicted octanol–water partition coefficient (Wildman–Crippen LogP) is 4.25. The van der Waals surface area contributed by atoms with Crippen molar-refractivity contribution in [2.45, 2.75) is 13.0 Å². The average Bonchev–Trinajstić information content (AvgIpc) is 2.88. The molecule has 0 amide bonds. The Morgan fingerprint density at radius 1 is 1.11 bits per heavy atom. The summed E-state index contributed by atoms with van der Waals surface area (Å²) in [6, 6.07) is 19.1. The van der Waals surface area contributed by atoms with Gasteiger partial charge in [-0.05, 0) is 30.2 Å². The van der Waals surface area contributed by atoms with Crippen LogP contribution in [-0.4, -0.2) is 10.9 Å². The molecule has 0 saturated heterocycles. The molecule has 2 aromatic rings. The highest BCUT2D eigenvalue weighted by Crippen LogP contribution is 2.30. The Balaban J connectivity index is 1.74. The van der Waals surface area contributed by atoms with E-state index in [2.05, 4.69) is 60.8 Å². The van der Waals surface area contributed by atoms with Gasteiger partial charge in [-0.3, -0.25) is 4.99 Å². The summed E-state index contributed by atoms with van der Waals surface area (Å²) in [4.78, 5) is 4.75. The first-order valence-corrected chi connectivity index (χ1v) is 7.39. The van der Waals surface area contributed by atoms with Crippen LogP contribution in [0.3, 0.4) is 0 Å². The van der Waals surface area contributed by atoms with Gasteiger partial charge >= 0.3 is 0 Å². The topological polar surface area (TPSA) is 24.4 Å². The minimum Gasteiger partial charge on any atom is -0.335 e. The molecule has 19 heavy (non-hydrogen) atoms. The number of benzene rings is 2. The fourth-order valence-electron chi connectivity index (χ4n) is 2.13. The maximum atomic E-state index is 4.75. The molecule has 0 fully saturated rings. The van der Waals surface area contributed by atoms with Crippen LogP contribution in [0.1, 0.15) is 17.2 Å². The molecule has 1 N–H and O–H groups in total. The van der Waals surface area contributed by atoms with Gasteiger partial charge in [0.2, 0.25) is 0 Å². The second-order valence-corrected chi connectivity index (χ2v) is 5.67. The number of rotatable bonds is 2. The van der Waals surface area contributed by atoms with Crippen molar-refractivity contribution >= 4 is 22.6 Å². The predicted molar refractivity (Wildman–Crippen MR) is 83.9 cm³/mol. The van der Waals surface area contributed by atoms with Crippen molar-refractivity contribution in [2.24, 2.45) is 4.99 Å². The Hall–Kier alpha value is -1.74. The van der Waals surface area contributed by atoms with Crippen LogP contribution in [0.25, 0.3) is 0 Å². The number of amidine groups is 1. The van der Waals surface area contributed by atoms with E-state index >= 15 is 0 Å². The zero-order chi connectivity index (χ0) is 13.1. The number of aryl methyl sites for hydroxylation is 1. The van der Waals surface area contributed by atoms with Crippen molar-refractivity contribution in [3.8, 4) is 0 Å². The molecule has 1 heterocycles. The van der Waals surface area contributed by atoms with Crippen molar-refractivity contribution in [1.29, 1.82) is 0 Å². The third-order valence-electron chi connectivity index (χ3n) is 3.10. The van der Waals surface area contributed by atoms with Crippen molar-refractivity contribution < 1.29 is 0 Å². The second kappa shape index (κ2) is 5.49. The second-order valence-electron chi connectivity index (χ2n) is 4.67. The molecule has 1 atom stereocenters. The molecule has 0 bridgehead atoms. The molecular weight excluding hydrogens is 252 g/mol. The van der Waals surface area contributed by atoms with E-state index in [1.54, 1.807) is 11.8 Å². The molecule has 0 saturated carbocycles. The standard InChI is InChI=1S/C16H16N2S/c1-12-6-5-9-14(10-12)17-16-18-15(11-19-16)13-7-3-2-4-8-13/h2-10,15H,11H2,1H3,(H,17,18). The molecule has 1 aliphatic rings. The van der Waals surface area contributed by atoms with Gasteiger partial charge in [0.05, 0.1) is 6.04 Å². The maximum Gasteiger partial charge on any atom is 0.161 e. The lowest BCUT2D eigenvalue weighted by Gasteiger charge is -2.05. The number of nitrogens with one attached hydrogen (secondary N) is 1. The van der Waals surface area contributed by atoms with Gasteiger partial charge in [-0.15, -0.1) is 0 Å². The summed E-state index contributed by atoms with van der Waals surface area (Å²) in [7, 11) is 0. The number of anilines is 1. The van der Waals surface area contributed by atoms with Crippen LogP contribution in [0.2, 0.25) is 0 Å². The molecule has 2 aromatic carbocycles. The van der Waals surface area contributed by atoms with E-state index in [1.165, 1.54) is 11.1 Å². The highest BCUT2D eigenvalue weighted by atomic mass is 32.2. The van der Waals surface area contributed by atoms with Gasteiger partial charge in [0, 0.05) is 11.4 Å². The van der Waals surface area contributed by atoms with E-state index in [0.717, 1.165) is 16.6 Å². The lowest BCUT2D eigenvalue weighted by Crippen LogP contribution is -2.04. The van der Waals surface area contributed by atoms with Crippen LogP contribution in [-0.2, 0) is 0 Å². The number of thioether (sulfide) groups is 1. The molecule has 0 spiro atoms. The minimum atomic E-state index is 0.276. The fourth-order valence-corrected chi connectivity index (χ4v) is 3.11. The molecular formula is C16H16N2S. The highest BCUT2D eigenvalue weighted by molar-refractivity contribution is 8.14. The van der Waals surface area contributed by atoms with Gasteiger partial charge in [0.25, 0.3) is 0 Å². The molecule has 0 radical (unpaired) electrons. The normalized spacial score (nSPS) is 18.2. The Bertz CT molecular complexity index is 593. The average molecular weight is 268 g/mol. The minimum absolute atomic E-state index is 0.276. The van der Waals surface area contributed by atoms with E-state index in [4.69, 9.17) is 4.99 Å². The van der Waals surface area contributed by atoms with Gasteiger partial charge < -0.3 is 5.32 Å². The highest BCUT2D eigenvalue weighted by Gasteiger charge is 2.19. The van der Waals surface area contributed by atoms with Crippen molar-refractivity contribution in [3.63, 3.8) is 0 Å². The van der Waals surface area contributed by atoms with E-state index in [-0.39, 0.29) is 6.04 Å². The maximum absolute atomic E-state index is 4.75. The smallest absolute Gasteiger partial charge is 0.161 e. The number of hydrogen-bond acceptors (Lipinski definition) is 3. The van der Waals surface area contributed by atoms with Gasteiger partial charge in [0.1, 0.15) is 0 Å². The molecule has 1 unspecified atom stereocenters. The van der Waals surface area contributed by atoms with Crippen LogP contribution in [0, 0.1) is 6.92 Å². The number of hydrogen-bond donors (Lipinski definition) is 1. The summed E-state index contributed by atoms with van der Waals surface area (Å²) < 4.78 is 0. The largest absolute Gasteiger partial charge is 0.335 e. The first kappa shape index (κ1) is 12.3. The lowest BCUT2D eigenvalue weighted by molar-refractivity contribution is 0.849. The third-order valence-corrected chi connectivity index (χ3v) is 4.07. The molecule has 3 heteroatoms. The molecule has 0 aromatic heterocycles. The Labute approximate surface area is 118 Å². The van der Waals surface area contributed by atoms with Crippen LogP contribution in [0.4, 0.5) is 5.69 Å². The molecule has 2 nitrogen and oxygen atoms in total. The zero-order valence-electron chi connectivity index (χ0n) is 10.8. The monoisotopic (exact) mass is 268 g/mol. The summed E-state index contributed by atoms with van der Waals surface area (Å²) in [5.74, 6) is 1.01. The van der Waals surface area contributed by atoms with Gasteiger partial charge in [-0.1, -0.05) is 54.2 Å². The van der Waals surface area contributed by atoms with Crippen LogP contribution < -0.4 is 5.32 Å². The first-order valence-electron chi connectivity index (χ1n) is 6.40. The number of nitrogens with zero attached hydrogens (tertiary/aromatic N) is 1. The van der Waals surface area contributed by atoms with Crippen LogP contribution in [0.15, 0.2) is 59.6 Å². The summed E-state index contributed by atoms with van der Waals surface area (Å²) >= 11 is 1.78. The Morgan fingerprint density at radius 3 is 2.74 bits per heavy atom. The Kier molecular flexibility index (Phi) is 3.56. The van der Waals surface area contributed by atoms with Gasteiger partial charge in [-0.2, -0.15) is 0 Å². The first-order chi connectivity index (χ1) is 9.31. The van der Waals surface area contributed by atoms with Crippen molar-refractivity contribution in [3.05, 3.63) is 65.7 Å². The Morgan fingerprint density at radius 2 is 1.95 bits per heavy atom. The third kappa shape index (κ3) is 2.99. The van der Waals surface area contributed by atoms with Crippen LogP contribution >= 0.6 is 11.8 Å². The quantitative estimate of drug-likeness (QED) is 0.880. The molecule has 3 rings (SSSR count). The summed E-state index contributed by atoms with van der Waals surface area (Å²) in [6.07, 6.45) is 0. The van der Waals surface area contributed by atoms with E-state index in [1.807, 2.05) is 6.07 Å². The molecule has 96 valence electrons. The van der Waals surface area contributed by atoms with E-state index in [0.29, 0.717) is 0 Å². The lowest BCUT2D eigenvalue weighted by atomic mass is 10.1. The van der Waals surface area contributed by atoms with E-state index < -0.39 is 0 Å². The van der Waals surface area contributed by atoms with Crippen molar-refractivity contribution in [1.82, 2.24) is 0 Å². The van der Waals surface area contributed by atoms with Crippen LogP contribution in [0.5, 0.6) is 0 Å².